The van der Waals surface area contributed by atoms with Crippen molar-refractivity contribution >= 4 is 45.9 Å². The van der Waals surface area contributed by atoms with Crippen molar-refractivity contribution < 1.29 is 41.0 Å². The number of aromatic nitrogens is 1. The number of halogens is 7. The van der Waals surface area contributed by atoms with Gasteiger partial charge in [-0.05, 0) is 48.9 Å². The van der Waals surface area contributed by atoms with Crippen LogP contribution in [0.15, 0.2) is 54.7 Å². The minimum atomic E-state index is -5.08. The number of aliphatic carboxylic acids is 1. The van der Waals surface area contributed by atoms with Crippen LogP contribution in [0.25, 0.3) is 10.9 Å². The van der Waals surface area contributed by atoms with Gasteiger partial charge in [0.2, 0.25) is 0 Å². The second-order valence-corrected chi connectivity index (χ2v) is 8.34. The largest absolute Gasteiger partial charge is 0.490 e. The van der Waals surface area contributed by atoms with E-state index in [0.717, 1.165) is 35.3 Å². The molecular formula is C23H19ClF6N4O3. The Morgan fingerprint density at radius 3 is 2.41 bits per heavy atom. The zero-order valence-electron chi connectivity index (χ0n) is 18.7. The number of carbonyl (C=O) groups is 2. The summed E-state index contributed by atoms with van der Waals surface area (Å²) in [5.41, 5.74) is 1.07. The molecule has 7 nitrogen and oxygen atoms in total. The molecule has 3 N–H and O–H groups in total. The maximum absolute atomic E-state index is 12.8. The lowest BCUT2D eigenvalue weighted by Gasteiger charge is -2.21. The first-order chi connectivity index (χ1) is 17.2. The summed E-state index contributed by atoms with van der Waals surface area (Å²) < 4.78 is 70.2. The molecule has 1 fully saturated rings. The monoisotopic (exact) mass is 548 g/mol. The van der Waals surface area contributed by atoms with Crippen LogP contribution >= 0.6 is 11.6 Å². The van der Waals surface area contributed by atoms with Gasteiger partial charge in [0.05, 0.1) is 11.1 Å². The van der Waals surface area contributed by atoms with Crippen molar-refractivity contribution in [2.24, 2.45) is 0 Å². The van der Waals surface area contributed by atoms with Crippen LogP contribution in [0, 0.1) is 0 Å². The molecule has 0 spiro atoms. The van der Waals surface area contributed by atoms with Crippen molar-refractivity contribution in [2.75, 3.05) is 23.3 Å². The van der Waals surface area contributed by atoms with E-state index in [1.54, 1.807) is 12.3 Å². The normalized spacial score (nSPS) is 15.6. The van der Waals surface area contributed by atoms with Crippen LogP contribution in [0.3, 0.4) is 0 Å². The molecule has 198 valence electrons. The Bertz CT molecular complexity index is 1290. The van der Waals surface area contributed by atoms with Gasteiger partial charge in [0.1, 0.15) is 0 Å². The molecule has 1 aromatic heterocycles. The third kappa shape index (κ3) is 7.62. The highest BCUT2D eigenvalue weighted by Gasteiger charge is 2.38. The summed E-state index contributed by atoms with van der Waals surface area (Å²) in [5, 5.41) is 14.0. The molecule has 1 saturated heterocycles. The lowest BCUT2D eigenvalue weighted by Crippen LogP contribution is -2.39. The minimum absolute atomic E-state index is 0.0918. The van der Waals surface area contributed by atoms with E-state index in [2.05, 4.69) is 20.5 Å². The molecule has 3 aromatic rings. The van der Waals surface area contributed by atoms with Crippen molar-refractivity contribution in [3.63, 3.8) is 0 Å². The van der Waals surface area contributed by atoms with Gasteiger partial charge in [0.25, 0.3) is 0 Å². The van der Waals surface area contributed by atoms with E-state index in [0.29, 0.717) is 18.0 Å². The first-order valence-corrected chi connectivity index (χ1v) is 11.0. The molecule has 4 rings (SSSR count). The van der Waals surface area contributed by atoms with E-state index in [1.165, 1.54) is 12.1 Å². The Kier molecular flexibility index (Phi) is 8.36. The third-order valence-corrected chi connectivity index (χ3v) is 5.47. The minimum Gasteiger partial charge on any atom is -0.475 e. The van der Waals surface area contributed by atoms with Gasteiger partial charge in [-0.1, -0.05) is 17.7 Å². The van der Waals surface area contributed by atoms with Gasteiger partial charge in [-0.25, -0.2) is 9.59 Å². The number of rotatable bonds is 3. The molecule has 1 aliphatic rings. The summed E-state index contributed by atoms with van der Waals surface area (Å²) in [6, 6.07) is 11.3. The van der Waals surface area contributed by atoms with Crippen LogP contribution < -0.4 is 15.5 Å². The summed E-state index contributed by atoms with van der Waals surface area (Å²) >= 11 is 6.04. The van der Waals surface area contributed by atoms with Gasteiger partial charge < -0.3 is 20.6 Å². The summed E-state index contributed by atoms with van der Waals surface area (Å²) in [7, 11) is 0. The maximum Gasteiger partial charge on any atom is 0.490 e. The van der Waals surface area contributed by atoms with E-state index in [-0.39, 0.29) is 11.7 Å². The third-order valence-electron chi connectivity index (χ3n) is 5.24. The number of urea groups is 1. The Hall–Kier alpha value is -3.74. The summed E-state index contributed by atoms with van der Waals surface area (Å²) in [6.07, 6.45) is -7.11. The number of carboxylic acid groups (broad SMARTS) is 1. The zero-order valence-corrected chi connectivity index (χ0v) is 19.5. The molecular weight excluding hydrogens is 530 g/mol. The highest BCUT2D eigenvalue weighted by Crippen LogP contribution is 2.31. The number of alkyl halides is 6. The van der Waals surface area contributed by atoms with E-state index in [4.69, 9.17) is 21.5 Å². The van der Waals surface area contributed by atoms with Gasteiger partial charge in [-0.15, -0.1) is 0 Å². The number of carbonyl (C=O) groups excluding carboxylic acids is 1. The molecule has 14 heteroatoms. The van der Waals surface area contributed by atoms with Crippen LogP contribution in [0.2, 0.25) is 5.02 Å². The van der Waals surface area contributed by atoms with Crippen molar-refractivity contribution in [1.82, 2.24) is 10.3 Å². The fourth-order valence-corrected chi connectivity index (χ4v) is 3.77. The number of hydrogen-bond donors (Lipinski definition) is 3. The van der Waals surface area contributed by atoms with Gasteiger partial charge in [0, 0.05) is 47.1 Å². The number of carboxylic acids is 1. The second-order valence-electron chi connectivity index (χ2n) is 7.90. The van der Waals surface area contributed by atoms with Gasteiger partial charge >= 0.3 is 24.4 Å². The average Bonchev–Trinajstić information content (AvgIpc) is 3.26. The summed E-state index contributed by atoms with van der Waals surface area (Å²) in [5.74, 6) is -2.76. The number of nitrogens with one attached hydrogen (secondary N) is 2. The fraction of sp³-hybridized carbons (Fsp3) is 0.261. The smallest absolute Gasteiger partial charge is 0.475 e. The Morgan fingerprint density at radius 2 is 1.76 bits per heavy atom. The van der Waals surface area contributed by atoms with Gasteiger partial charge in [0.15, 0.2) is 0 Å². The SMILES string of the molecule is O=C(Nc1cccc(C(F)(F)F)c1)NC1CCN(c2ccnc3cc(Cl)ccc23)C1.O=C(O)C(F)(F)F. The Labute approximate surface area is 211 Å². The quantitative estimate of drug-likeness (QED) is 0.352. The molecule has 2 aromatic carbocycles. The lowest BCUT2D eigenvalue weighted by molar-refractivity contribution is -0.192. The topological polar surface area (TPSA) is 94.6 Å². The van der Waals surface area contributed by atoms with Crippen LogP contribution in [0.1, 0.15) is 12.0 Å². The molecule has 1 unspecified atom stereocenters. The van der Waals surface area contributed by atoms with Crippen molar-refractivity contribution in [2.45, 2.75) is 24.8 Å². The van der Waals surface area contributed by atoms with Gasteiger partial charge in [-0.2, -0.15) is 26.3 Å². The number of hydrogen-bond acceptors (Lipinski definition) is 4. The van der Waals surface area contributed by atoms with E-state index < -0.39 is 29.9 Å². The molecule has 37 heavy (non-hydrogen) atoms. The summed E-state index contributed by atoms with van der Waals surface area (Å²) in [6.45, 7) is 1.31. The molecule has 1 aliphatic heterocycles. The highest BCUT2D eigenvalue weighted by molar-refractivity contribution is 6.31. The predicted octanol–water partition coefficient (Wildman–Crippen LogP) is 5.94. The number of benzene rings is 2. The maximum atomic E-state index is 12.8. The predicted molar refractivity (Wildman–Crippen MR) is 125 cm³/mol. The second kappa shape index (κ2) is 11.1. The van der Waals surface area contributed by atoms with E-state index >= 15 is 0 Å². The molecule has 0 saturated carbocycles. The van der Waals surface area contributed by atoms with Crippen molar-refractivity contribution in [3.8, 4) is 0 Å². The van der Waals surface area contributed by atoms with Crippen LogP contribution in [0.5, 0.6) is 0 Å². The number of fused-ring (bicyclic) bond motifs is 1. The van der Waals surface area contributed by atoms with Crippen molar-refractivity contribution in [3.05, 3.63) is 65.3 Å². The lowest BCUT2D eigenvalue weighted by atomic mass is 10.2. The number of amides is 2. The van der Waals surface area contributed by atoms with Crippen LogP contribution in [-0.2, 0) is 11.0 Å². The first-order valence-electron chi connectivity index (χ1n) is 10.6. The number of pyridine rings is 1. The summed E-state index contributed by atoms with van der Waals surface area (Å²) in [4.78, 5) is 27.7. The van der Waals surface area contributed by atoms with Crippen LogP contribution in [0.4, 0.5) is 42.5 Å². The van der Waals surface area contributed by atoms with Crippen LogP contribution in [-0.4, -0.2) is 47.4 Å². The van der Waals surface area contributed by atoms with E-state index in [9.17, 15) is 31.1 Å². The van der Waals surface area contributed by atoms with Crippen molar-refractivity contribution in [1.29, 1.82) is 0 Å². The molecule has 0 aliphatic carbocycles. The first kappa shape index (κ1) is 27.8. The molecule has 2 heterocycles. The average molecular weight is 549 g/mol. The standard InChI is InChI=1S/C21H18ClF3N4O.C2HF3O2/c22-14-4-5-17-18(11-14)26-8-6-19(17)29-9-7-16(12-29)28-20(30)27-15-3-1-2-13(10-15)21(23,24)25;3-2(4,5)1(6)7/h1-6,8,10-11,16H,7,9,12H2,(H2,27,28,30);(H,6,7). The zero-order chi connectivity index (χ0) is 27.4. The molecule has 0 bridgehead atoms. The molecule has 2 amide bonds. The molecule has 0 radical (unpaired) electrons. The molecule has 1 atom stereocenters. The van der Waals surface area contributed by atoms with Gasteiger partial charge in [-0.3, -0.25) is 4.98 Å². The Balaban J connectivity index is 0.000000479. The highest BCUT2D eigenvalue weighted by atomic mass is 35.5. The number of anilines is 2. The van der Waals surface area contributed by atoms with E-state index in [1.807, 2.05) is 18.2 Å². The Morgan fingerprint density at radius 1 is 1.05 bits per heavy atom. The number of nitrogens with zero attached hydrogens (tertiary/aromatic N) is 2. The fourth-order valence-electron chi connectivity index (χ4n) is 3.60.